The van der Waals surface area contributed by atoms with Crippen LogP contribution in [0.2, 0.25) is 0 Å². The Hall–Kier alpha value is -3.28. The van der Waals surface area contributed by atoms with Crippen LogP contribution in [0.4, 0.5) is 5.69 Å². The number of rotatable bonds is 11. The second-order valence-corrected chi connectivity index (χ2v) is 9.93. The normalized spacial score (nSPS) is 11.9. The van der Waals surface area contributed by atoms with Crippen molar-refractivity contribution in [1.82, 2.24) is 9.71 Å². The zero-order valence-corrected chi connectivity index (χ0v) is 21.2. The highest BCUT2D eigenvalue weighted by atomic mass is 79.9. The number of anilines is 1. The van der Waals surface area contributed by atoms with Gasteiger partial charge in [0.2, 0.25) is 15.9 Å². The largest absolute Gasteiger partial charge is 0.490 e. The van der Waals surface area contributed by atoms with Crippen LogP contribution in [-0.4, -0.2) is 44.5 Å². The lowest BCUT2D eigenvalue weighted by Gasteiger charge is -2.19. The number of nitrogens with zero attached hydrogens (tertiary/aromatic N) is 1. The Morgan fingerprint density at radius 2 is 1.77 bits per heavy atom. The molecule has 3 rings (SSSR count). The highest BCUT2D eigenvalue weighted by molar-refractivity contribution is 9.10. The summed E-state index contributed by atoms with van der Waals surface area (Å²) in [6.07, 6.45) is 3.13. The van der Waals surface area contributed by atoms with E-state index < -0.39 is 22.0 Å². The number of nitrogens with one attached hydrogen (secondary N) is 2. The summed E-state index contributed by atoms with van der Waals surface area (Å²) in [7, 11) is -4.02. The molecule has 2 aromatic carbocycles. The van der Waals surface area contributed by atoms with E-state index in [1.165, 1.54) is 18.3 Å². The average Bonchev–Trinajstić information content (AvgIpc) is 2.84. The summed E-state index contributed by atoms with van der Waals surface area (Å²) in [5, 5.41) is 2.68. The van der Waals surface area contributed by atoms with Crippen molar-refractivity contribution in [1.29, 1.82) is 0 Å². The first-order chi connectivity index (χ1) is 16.8. The van der Waals surface area contributed by atoms with E-state index in [1.54, 1.807) is 61.7 Å². The fraction of sp³-hybridized carbons (Fsp3) is 0.208. The molecule has 0 aliphatic heterocycles. The van der Waals surface area contributed by atoms with Gasteiger partial charge in [-0.2, -0.15) is 4.72 Å². The minimum Gasteiger partial charge on any atom is -0.490 e. The van der Waals surface area contributed by atoms with Gasteiger partial charge in [0.15, 0.2) is 0 Å². The van der Waals surface area contributed by atoms with Crippen LogP contribution in [0.3, 0.4) is 0 Å². The highest BCUT2D eigenvalue weighted by Gasteiger charge is 2.27. The maximum Gasteiger partial charge on any atom is 0.310 e. The van der Waals surface area contributed by atoms with Gasteiger partial charge in [-0.3, -0.25) is 14.6 Å². The van der Waals surface area contributed by atoms with E-state index in [-0.39, 0.29) is 23.9 Å². The molecule has 0 bridgehead atoms. The van der Waals surface area contributed by atoms with E-state index in [2.05, 4.69) is 31.0 Å². The first-order valence-corrected chi connectivity index (χ1v) is 12.9. The third kappa shape index (κ3) is 8.16. The van der Waals surface area contributed by atoms with Crippen molar-refractivity contribution in [2.45, 2.75) is 24.3 Å². The smallest absolute Gasteiger partial charge is 0.310 e. The van der Waals surface area contributed by atoms with Crippen LogP contribution >= 0.6 is 15.9 Å². The van der Waals surface area contributed by atoms with E-state index in [1.807, 2.05) is 0 Å². The molecule has 0 aliphatic carbocycles. The summed E-state index contributed by atoms with van der Waals surface area (Å²) >= 11 is 3.27. The second-order valence-electron chi connectivity index (χ2n) is 7.30. The number of benzene rings is 2. The number of ether oxygens (including phenoxy) is 2. The number of carbonyl (C=O) groups excluding carboxylic acids is 2. The zero-order chi connectivity index (χ0) is 25.3. The van der Waals surface area contributed by atoms with Gasteiger partial charge < -0.3 is 14.8 Å². The molecule has 1 atom stereocenters. The quantitative estimate of drug-likeness (QED) is 0.344. The molecule has 2 N–H and O–H groups in total. The van der Waals surface area contributed by atoms with Crippen molar-refractivity contribution < 1.29 is 27.5 Å². The summed E-state index contributed by atoms with van der Waals surface area (Å²) < 4.78 is 39.5. The monoisotopic (exact) mass is 561 g/mol. The topological polar surface area (TPSA) is 124 Å². The maximum atomic E-state index is 13.0. The van der Waals surface area contributed by atoms with Gasteiger partial charge in [0, 0.05) is 16.4 Å². The summed E-state index contributed by atoms with van der Waals surface area (Å²) in [4.78, 5) is 28.6. The lowest BCUT2D eigenvalue weighted by molar-refractivity contribution is -0.142. The molecule has 0 radical (unpaired) electrons. The molecule has 11 heteroatoms. The predicted octanol–water partition coefficient (Wildman–Crippen LogP) is 3.31. The molecular weight excluding hydrogens is 538 g/mol. The van der Waals surface area contributed by atoms with Gasteiger partial charge in [0.25, 0.3) is 0 Å². The Morgan fingerprint density at radius 3 is 2.40 bits per heavy atom. The van der Waals surface area contributed by atoms with Crippen LogP contribution in [0.1, 0.15) is 12.5 Å². The van der Waals surface area contributed by atoms with Crippen LogP contribution in [0.5, 0.6) is 5.75 Å². The molecule has 35 heavy (non-hydrogen) atoms. The molecule has 0 fully saturated rings. The van der Waals surface area contributed by atoms with E-state index in [0.29, 0.717) is 23.6 Å². The average molecular weight is 562 g/mol. The molecule has 1 aromatic heterocycles. The second kappa shape index (κ2) is 12.4. The Bertz CT molecular complexity index is 1240. The highest BCUT2D eigenvalue weighted by Crippen LogP contribution is 2.16. The predicted molar refractivity (Wildman–Crippen MR) is 133 cm³/mol. The Morgan fingerprint density at radius 1 is 1.06 bits per heavy atom. The molecule has 0 unspecified atom stereocenters. The number of halogens is 1. The number of sulfonamides is 1. The van der Waals surface area contributed by atoms with Crippen LogP contribution in [0, 0.1) is 0 Å². The van der Waals surface area contributed by atoms with Gasteiger partial charge in [-0.05, 0) is 61.0 Å². The molecule has 1 heterocycles. The molecular formula is C24H24BrN3O6S. The summed E-state index contributed by atoms with van der Waals surface area (Å²) in [5.74, 6) is -0.580. The number of aromatic nitrogens is 1. The third-order valence-corrected chi connectivity index (χ3v) is 6.68. The number of carbonyl (C=O) groups is 2. The molecule has 184 valence electrons. The molecule has 1 amide bonds. The molecule has 0 spiro atoms. The molecule has 0 saturated carbocycles. The molecule has 0 aliphatic rings. The Labute approximate surface area is 212 Å². The first kappa shape index (κ1) is 26.3. The van der Waals surface area contributed by atoms with Crippen LogP contribution in [-0.2, 0) is 30.8 Å². The zero-order valence-electron chi connectivity index (χ0n) is 18.8. The minimum absolute atomic E-state index is 0.00296. The Kier molecular flexibility index (Phi) is 9.35. The standard InChI is InChI=1S/C24H24BrN3O6S/c1-2-33-23(29)14-17-5-9-19(10-6-17)27-24(30)22(16-34-20-4-3-13-26-15-20)28-35(31,32)21-11-7-18(25)8-12-21/h3-13,15,22,28H,2,14,16H2,1H3,(H,27,30)/t22-/m0/s1. The van der Waals surface area contributed by atoms with Crippen molar-refractivity contribution in [3.05, 3.63) is 83.1 Å². The number of pyridine rings is 1. The SMILES string of the molecule is CCOC(=O)Cc1ccc(NC(=O)[C@H](COc2cccnc2)NS(=O)(=O)c2ccc(Br)cc2)cc1. The fourth-order valence-corrected chi connectivity index (χ4v) is 4.40. The van der Waals surface area contributed by atoms with Crippen molar-refractivity contribution >= 4 is 43.5 Å². The Balaban J connectivity index is 1.74. The fourth-order valence-electron chi connectivity index (χ4n) is 2.96. The van der Waals surface area contributed by atoms with Crippen molar-refractivity contribution in [2.24, 2.45) is 0 Å². The first-order valence-electron chi connectivity index (χ1n) is 10.6. The number of hydrogen-bond acceptors (Lipinski definition) is 7. The van der Waals surface area contributed by atoms with Crippen molar-refractivity contribution in [3.63, 3.8) is 0 Å². The van der Waals surface area contributed by atoms with E-state index in [4.69, 9.17) is 9.47 Å². The summed E-state index contributed by atoms with van der Waals surface area (Å²) in [6, 6.07) is 14.7. The summed E-state index contributed by atoms with van der Waals surface area (Å²) in [5.41, 5.74) is 1.14. The van der Waals surface area contributed by atoms with E-state index in [9.17, 15) is 18.0 Å². The van der Waals surface area contributed by atoms with E-state index in [0.717, 1.165) is 4.47 Å². The van der Waals surface area contributed by atoms with Crippen LogP contribution < -0.4 is 14.8 Å². The van der Waals surface area contributed by atoms with Gasteiger partial charge in [-0.25, -0.2) is 8.42 Å². The van der Waals surface area contributed by atoms with Crippen LogP contribution in [0.15, 0.2) is 82.4 Å². The lowest BCUT2D eigenvalue weighted by Crippen LogP contribution is -2.47. The van der Waals surface area contributed by atoms with Gasteiger partial charge >= 0.3 is 5.97 Å². The minimum atomic E-state index is -4.02. The number of amides is 1. The maximum absolute atomic E-state index is 13.0. The lowest BCUT2D eigenvalue weighted by atomic mass is 10.1. The van der Waals surface area contributed by atoms with Gasteiger partial charge in [0.1, 0.15) is 18.4 Å². The van der Waals surface area contributed by atoms with Gasteiger partial charge in [-0.15, -0.1) is 0 Å². The number of hydrogen-bond donors (Lipinski definition) is 2. The third-order valence-electron chi connectivity index (χ3n) is 4.66. The molecule has 9 nitrogen and oxygen atoms in total. The molecule has 0 saturated heterocycles. The molecule has 3 aromatic rings. The van der Waals surface area contributed by atoms with Crippen molar-refractivity contribution in [2.75, 3.05) is 18.5 Å². The van der Waals surface area contributed by atoms with Crippen LogP contribution in [0.25, 0.3) is 0 Å². The number of esters is 1. The summed E-state index contributed by atoms with van der Waals surface area (Å²) in [6.45, 7) is 1.76. The van der Waals surface area contributed by atoms with Crippen molar-refractivity contribution in [3.8, 4) is 5.75 Å². The van der Waals surface area contributed by atoms with E-state index >= 15 is 0 Å². The van der Waals surface area contributed by atoms with Gasteiger partial charge in [0.05, 0.1) is 24.1 Å². The van der Waals surface area contributed by atoms with Gasteiger partial charge in [-0.1, -0.05) is 28.1 Å².